The molecule has 1 aliphatic heterocycles. The van der Waals surface area contributed by atoms with Gasteiger partial charge in [0, 0.05) is 25.0 Å². The number of rotatable bonds is 3. The smallest absolute Gasteiger partial charge is 0.293 e. The van der Waals surface area contributed by atoms with Crippen molar-refractivity contribution in [1.82, 2.24) is 20.1 Å². The van der Waals surface area contributed by atoms with E-state index in [-0.39, 0.29) is 11.9 Å². The summed E-state index contributed by atoms with van der Waals surface area (Å²) in [5, 5.41) is 6.95. The van der Waals surface area contributed by atoms with Crippen LogP contribution < -0.4 is 5.73 Å². The molecule has 3 N–H and O–H groups in total. The Morgan fingerprint density at radius 3 is 2.95 bits per heavy atom. The van der Waals surface area contributed by atoms with Gasteiger partial charge in [-0.3, -0.25) is 9.89 Å². The highest BCUT2D eigenvalue weighted by atomic mass is 16.2. The zero-order chi connectivity index (χ0) is 13.4. The van der Waals surface area contributed by atoms with Crippen molar-refractivity contribution in [3.63, 3.8) is 0 Å². The molecule has 6 heteroatoms. The van der Waals surface area contributed by atoms with E-state index < -0.39 is 0 Å². The van der Waals surface area contributed by atoms with E-state index in [1.807, 2.05) is 4.90 Å². The lowest BCUT2D eigenvalue weighted by molar-refractivity contribution is 0.0637. The van der Waals surface area contributed by atoms with Crippen molar-refractivity contribution in [2.75, 3.05) is 13.1 Å². The van der Waals surface area contributed by atoms with Gasteiger partial charge in [0.05, 0.1) is 0 Å². The first-order valence-electron chi connectivity index (χ1n) is 7.16. The third-order valence-corrected chi connectivity index (χ3v) is 4.26. The third-order valence-electron chi connectivity index (χ3n) is 4.26. The van der Waals surface area contributed by atoms with Crippen LogP contribution in [-0.4, -0.2) is 45.1 Å². The molecule has 2 atom stereocenters. The molecule has 2 heterocycles. The Balaban J connectivity index is 1.68. The number of likely N-dealkylation sites (tertiary alicyclic amines) is 1. The molecule has 104 valence electrons. The lowest BCUT2D eigenvalue weighted by atomic mass is 9.90. The van der Waals surface area contributed by atoms with Crippen molar-refractivity contribution in [1.29, 1.82) is 0 Å². The Kier molecular flexibility index (Phi) is 3.26. The Morgan fingerprint density at radius 2 is 2.26 bits per heavy atom. The largest absolute Gasteiger partial charge is 0.335 e. The normalized spacial score (nSPS) is 27.6. The van der Waals surface area contributed by atoms with Gasteiger partial charge in [-0.05, 0) is 25.2 Å². The first kappa shape index (κ1) is 12.6. The third kappa shape index (κ3) is 2.49. The highest BCUT2D eigenvalue weighted by molar-refractivity contribution is 5.90. The minimum Gasteiger partial charge on any atom is -0.335 e. The summed E-state index contributed by atoms with van der Waals surface area (Å²) >= 11 is 0. The van der Waals surface area contributed by atoms with Gasteiger partial charge in [0.2, 0.25) is 5.82 Å². The maximum atomic E-state index is 12.4. The SMILES string of the molecule is CCC1CN(C(=O)c2n[nH]c(C3CC3)n2)CCC1N. The van der Waals surface area contributed by atoms with Gasteiger partial charge in [-0.2, -0.15) is 0 Å². The molecule has 1 amide bonds. The number of hydrogen-bond donors (Lipinski definition) is 2. The quantitative estimate of drug-likeness (QED) is 0.847. The molecule has 1 saturated carbocycles. The van der Waals surface area contributed by atoms with Crippen molar-refractivity contribution in [3.05, 3.63) is 11.6 Å². The van der Waals surface area contributed by atoms with Crippen LogP contribution in [0.1, 0.15) is 55.0 Å². The molecular formula is C13H21N5O. The van der Waals surface area contributed by atoms with Crippen LogP contribution in [0.3, 0.4) is 0 Å². The fraction of sp³-hybridized carbons (Fsp3) is 0.769. The fourth-order valence-electron chi connectivity index (χ4n) is 2.72. The number of nitrogens with zero attached hydrogens (tertiary/aromatic N) is 3. The number of hydrogen-bond acceptors (Lipinski definition) is 4. The van der Waals surface area contributed by atoms with Gasteiger partial charge in [0.25, 0.3) is 5.91 Å². The minimum atomic E-state index is -0.0616. The Bertz CT molecular complexity index is 467. The molecule has 6 nitrogen and oxygen atoms in total. The van der Waals surface area contributed by atoms with Gasteiger partial charge in [-0.1, -0.05) is 13.3 Å². The summed E-state index contributed by atoms with van der Waals surface area (Å²) in [5.74, 6) is 2.00. The predicted octanol–water partition coefficient (Wildman–Crippen LogP) is 0.881. The average molecular weight is 263 g/mol. The van der Waals surface area contributed by atoms with E-state index in [1.54, 1.807) is 0 Å². The van der Waals surface area contributed by atoms with Gasteiger partial charge in [0.15, 0.2) is 0 Å². The topological polar surface area (TPSA) is 87.9 Å². The monoisotopic (exact) mass is 263 g/mol. The average Bonchev–Trinajstić information content (AvgIpc) is 3.16. The number of piperidine rings is 1. The second-order valence-corrected chi connectivity index (χ2v) is 5.69. The summed E-state index contributed by atoms with van der Waals surface area (Å²) in [4.78, 5) is 18.5. The molecule has 1 aliphatic carbocycles. The second kappa shape index (κ2) is 4.92. The molecule has 0 aromatic carbocycles. The lowest BCUT2D eigenvalue weighted by Gasteiger charge is -2.35. The lowest BCUT2D eigenvalue weighted by Crippen LogP contribution is -2.49. The van der Waals surface area contributed by atoms with Crippen LogP contribution in [0, 0.1) is 5.92 Å². The number of amides is 1. The molecule has 19 heavy (non-hydrogen) atoms. The van der Waals surface area contributed by atoms with Crippen molar-refractivity contribution in [2.45, 2.75) is 44.6 Å². The van der Waals surface area contributed by atoms with E-state index in [1.165, 1.54) is 0 Å². The molecule has 1 aromatic heterocycles. The zero-order valence-electron chi connectivity index (χ0n) is 11.3. The number of aromatic nitrogens is 3. The van der Waals surface area contributed by atoms with Crippen LogP contribution in [-0.2, 0) is 0 Å². The first-order chi connectivity index (χ1) is 9.19. The van der Waals surface area contributed by atoms with Gasteiger partial charge < -0.3 is 10.6 Å². The van der Waals surface area contributed by atoms with Crippen LogP contribution in [0.4, 0.5) is 0 Å². The van der Waals surface area contributed by atoms with E-state index in [4.69, 9.17) is 5.73 Å². The Hall–Kier alpha value is -1.43. The molecule has 2 unspecified atom stereocenters. The number of aromatic amines is 1. The molecule has 3 rings (SSSR count). The van der Waals surface area contributed by atoms with E-state index in [2.05, 4.69) is 22.1 Å². The van der Waals surface area contributed by atoms with Crippen LogP contribution >= 0.6 is 0 Å². The minimum absolute atomic E-state index is 0.0616. The molecule has 1 saturated heterocycles. The molecule has 2 fully saturated rings. The highest BCUT2D eigenvalue weighted by Crippen LogP contribution is 2.37. The van der Waals surface area contributed by atoms with Gasteiger partial charge in [-0.15, -0.1) is 5.10 Å². The Morgan fingerprint density at radius 1 is 1.47 bits per heavy atom. The first-order valence-corrected chi connectivity index (χ1v) is 7.16. The van der Waals surface area contributed by atoms with Crippen LogP contribution in [0.5, 0.6) is 0 Å². The zero-order valence-corrected chi connectivity index (χ0v) is 11.3. The van der Waals surface area contributed by atoms with Crippen LogP contribution in [0.15, 0.2) is 0 Å². The summed E-state index contributed by atoms with van der Waals surface area (Å²) < 4.78 is 0. The number of carbonyl (C=O) groups excluding carboxylic acids is 1. The van der Waals surface area contributed by atoms with Crippen molar-refractivity contribution in [2.24, 2.45) is 11.7 Å². The van der Waals surface area contributed by atoms with Gasteiger partial charge in [0.1, 0.15) is 5.82 Å². The molecule has 0 bridgehead atoms. The molecule has 1 aromatic rings. The number of H-pyrrole nitrogens is 1. The van der Waals surface area contributed by atoms with Crippen molar-refractivity contribution in [3.8, 4) is 0 Å². The summed E-state index contributed by atoms with van der Waals surface area (Å²) in [5.41, 5.74) is 6.07. The molecule has 0 spiro atoms. The summed E-state index contributed by atoms with van der Waals surface area (Å²) in [6, 6.07) is 0.211. The van der Waals surface area contributed by atoms with Gasteiger partial charge >= 0.3 is 0 Å². The highest BCUT2D eigenvalue weighted by Gasteiger charge is 2.32. The number of nitrogens with two attached hydrogens (primary N) is 1. The van der Waals surface area contributed by atoms with Gasteiger partial charge in [-0.25, -0.2) is 4.98 Å². The molecule has 0 radical (unpaired) electrons. The summed E-state index contributed by atoms with van der Waals surface area (Å²) in [7, 11) is 0. The van der Waals surface area contributed by atoms with Crippen molar-refractivity contribution < 1.29 is 4.79 Å². The maximum absolute atomic E-state index is 12.4. The Labute approximate surface area is 112 Å². The summed E-state index contributed by atoms with van der Waals surface area (Å²) in [6.45, 7) is 3.56. The van der Waals surface area contributed by atoms with E-state index in [0.29, 0.717) is 24.2 Å². The summed E-state index contributed by atoms with van der Waals surface area (Å²) in [6.07, 6.45) is 4.18. The predicted molar refractivity (Wildman–Crippen MR) is 70.6 cm³/mol. The van der Waals surface area contributed by atoms with Crippen LogP contribution in [0.25, 0.3) is 0 Å². The van der Waals surface area contributed by atoms with E-state index in [9.17, 15) is 4.79 Å². The second-order valence-electron chi connectivity index (χ2n) is 5.69. The number of carbonyl (C=O) groups is 1. The maximum Gasteiger partial charge on any atom is 0.293 e. The fourth-order valence-corrected chi connectivity index (χ4v) is 2.72. The van der Waals surface area contributed by atoms with Crippen LogP contribution in [0.2, 0.25) is 0 Å². The standard InChI is InChI=1S/C13H21N5O/c1-2-8-7-18(6-5-10(8)14)13(19)12-15-11(16-17-12)9-3-4-9/h8-10H,2-7,14H2,1H3,(H,15,16,17). The molecule has 2 aliphatic rings. The molecular weight excluding hydrogens is 242 g/mol. The number of nitrogens with one attached hydrogen (secondary N) is 1. The van der Waals surface area contributed by atoms with E-state index >= 15 is 0 Å². The van der Waals surface area contributed by atoms with E-state index in [0.717, 1.165) is 38.1 Å². The van der Waals surface area contributed by atoms with Crippen molar-refractivity contribution >= 4 is 5.91 Å².